The van der Waals surface area contributed by atoms with E-state index in [1.807, 2.05) is 50.3 Å². The second-order valence-corrected chi connectivity index (χ2v) is 3.66. The van der Waals surface area contributed by atoms with E-state index in [2.05, 4.69) is 0 Å². The number of ketones is 1. The van der Waals surface area contributed by atoms with Gasteiger partial charge in [-0.25, -0.2) is 0 Å². The molecule has 0 aliphatic heterocycles. The summed E-state index contributed by atoms with van der Waals surface area (Å²) in [7, 11) is 0. The van der Waals surface area contributed by atoms with Gasteiger partial charge in [-0.3, -0.25) is 4.79 Å². The molecule has 0 radical (unpaired) electrons. The van der Waals surface area contributed by atoms with Crippen molar-refractivity contribution in [3.05, 3.63) is 71.9 Å². The number of hydrogen-bond acceptors (Lipinski definition) is 1. The van der Waals surface area contributed by atoms with Gasteiger partial charge in [-0.1, -0.05) is 59.8 Å². The van der Waals surface area contributed by atoms with Crippen LogP contribution in [0.2, 0.25) is 0 Å². The van der Waals surface area contributed by atoms with Gasteiger partial charge in [0, 0.05) is 0 Å². The van der Waals surface area contributed by atoms with Gasteiger partial charge in [-0.15, -0.1) is 0 Å². The summed E-state index contributed by atoms with van der Waals surface area (Å²) in [6.07, 6.45) is 18.5. The van der Waals surface area contributed by atoms with E-state index in [0.717, 1.165) is 11.1 Å². The van der Waals surface area contributed by atoms with Crippen molar-refractivity contribution >= 4 is 5.78 Å². The zero-order chi connectivity index (χ0) is 11.8. The summed E-state index contributed by atoms with van der Waals surface area (Å²) < 4.78 is 0. The van der Waals surface area contributed by atoms with Crippen LogP contribution in [0.4, 0.5) is 0 Å². The lowest BCUT2D eigenvalue weighted by atomic mass is 10.2. The molecule has 1 nitrogen and oxygen atoms in total. The molecule has 0 aromatic carbocycles. The Morgan fingerprint density at radius 1 is 0.688 bits per heavy atom. The van der Waals surface area contributed by atoms with Crippen LogP contribution in [0, 0.1) is 0 Å². The van der Waals surface area contributed by atoms with Gasteiger partial charge in [0.2, 0.25) is 0 Å². The molecule has 1 rings (SSSR count). The van der Waals surface area contributed by atoms with Crippen LogP contribution in [0.1, 0.15) is 13.8 Å². The lowest BCUT2D eigenvalue weighted by Gasteiger charge is -1.87. The lowest BCUT2D eigenvalue weighted by molar-refractivity contribution is -0.110. The van der Waals surface area contributed by atoms with E-state index in [0.29, 0.717) is 0 Å². The zero-order valence-corrected chi connectivity index (χ0v) is 9.68. The summed E-state index contributed by atoms with van der Waals surface area (Å²) in [5, 5.41) is 0. The van der Waals surface area contributed by atoms with Crippen LogP contribution < -0.4 is 0 Å². The molecule has 1 aliphatic carbocycles. The van der Waals surface area contributed by atoms with Crippen molar-refractivity contribution in [1.29, 1.82) is 0 Å². The average Bonchev–Trinajstić information content (AvgIpc) is 2.24. The van der Waals surface area contributed by atoms with Crippen LogP contribution in [0.3, 0.4) is 0 Å². The van der Waals surface area contributed by atoms with Gasteiger partial charge >= 0.3 is 0 Å². The molecule has 16 heavy (non-hydrogen) atoms. The van der Waals surface area contributed by atoms with E-state index in [9.17, 15) is 4.79 Å². The number of allylic oxidation sites excluding steroid dienone is 12. The molecule has 0 aromatic heterocycles. The van der Waals surface area contributed by atoms with Crippen molar-refractivity contribution in [3.8, 4) is 0 Å². The topological polar surface area (TPSA) is 17.1 Å². The quantitative estimate of drug-likeness (QED) is 0.598. The number of hydrogen-bond donors (Lipinski definition) is 0. The van der Waals surface area contributed by atoms with Crippen molar-refractivity contribution in [1.82, 2.24) is 0 Å². The molecular weight excluding hydrogens is 196 g/mol. The molecule has 82 valence electrons. The maximum atomic E-state index is 11.3. The van der Waals surface area contributed by atoms with E-state index in [4.69, 9.17) is 0 Å². The highest BCUT2D eigenvalue weighted by atomic mass is 16.1. The van der Waals surface area contributed by atoms with Crippen molar-refractivity contribution in [2.45, 2.75) is 13.8 Å². The van der Waals surface area contributed by atoms with E-state index in [1.165, 1.54) is 0 Å². The standard InChI is InChI=1S/C15H16O/c1-13-7-3-4-8-14(2)10-6-12-15(16)11-5-9-13/h3-12H,1-2H3/b7-3-,8-4+,11-5+,12-6+,13-9+,14-10-. The molecule has 0 fully saturated rings. The van der Waals surface area contributed by atoms with Crippen molar-refractivity contribution < 1.29 is 4.79 Å². The first kappa shape index (κ1) is 12.2. The predicted octanol–water partition coefficient (Wildman–Crippen LogP) is 3.69. The predicted molar refractivity (Wildman–Crippen MR) is 69.1 cm³/mol. The molecule has 0 atom stereocenters. The fourth-order valence-corrected chi connectivity index (χ4v) is 1.17. The third-order valence-electron chi connectivity index (χ3n) is 2.07. The van der Waals surface area contributed by atoms with E-state index >= 15 is 0 Å². The van der Waals surface area contributed by atoms with Crippen LogP contribution in [0.15, 0.2) is 71.9 Å². The minimum atomic E-state index is 0.000283. The lowest BCUT2D eigenvalue weighted by Crippen LogP contribution is -1.83. The van der Waals surface area contributed by atoms with Gasteiger partial charge < -0.3 is 0 Å². The van der Waals surface area contributed by atoms with Gasteiger partial charge in [0.25, 0.3) is 0 Å². The number of carbonyl (C=O) groups is 1. The van der Waals surface area contributed by atoms with Crippen LogP contribution in [0.5, 0.6) is 0 Å². The van der Waals surface area contributed by atoms with Gasteiger partial charge in [0.15, 0.2) is 5.78 Å². The van der Waals surface area contributed by atoms with Gasteiger partial charge in [0.05, 0.1) is 0 Å². The Balaban J connectivity index is 2.97. The molecular formula is C15H16O. The van der Waals surface area contributed by atoms with Crippen molar-refractivity contribution in [3.63, 3.8) is 0 Å². The number of rotatable bonds is 0. The second-order valence-electron chi connectivity index (χ2n) is 3.66. The summed E-state index contributed by atoms with van der Waals surface area (Å²) in [5.74, 6) is 0.000283. The fourth-order valence-electron chi connectivity index (χ4n) is 1.17. The first-order valence-corrected chi connectivity index (χ1v) is 5.27. The summed E-state index contributed by atoms with van der Waals surface area (Å²) in [4.78, 5) is 11.3. The van der Waals surface area contributed by atoms with Crippen molar-refractivity contribution in [2.24, 2.45) is 0 Å². The molecule has 0 N–H and O–H groups in total. The largest absolute Gasteiger partial charge is 0.290 e. The highest BCUT2D eigenvalue weighted by Gasteiger charge is 1.86. The molecule has 0 bridgehead atoms. The van der Waals surface area contributed by atoms with Crippen LogP contribution in [-0.4, -0.2) is 5.78 Å². The molecule has 0 heterocycles. The Bertz CT molecular complexity index is 386. The molecule has 1 aliphatic rings. The fraction of sp³-hybridized carbons (Fsp3) is 0.133. The highest BCUT2D eigenvalue weighted by molar-refractivity contribution is 5.99. The normalized spacial score (nSPS) is 31.8. The Hall–Kier alpha value is -1.89. The Kier molecular flexibility index (Phi) is 5.00. The molecule has 0 amide bonds. The molecule has 0 spiro atoms. The van der Waals surface area contributed by atoms with Crippen molar-refractivity contribution in [2.75, 3.05) is 0 Å². The maximum absolute atomic E-state index is 11.3. The minimum absolute atomic E-state index is 0.000283. The molecule has 0 saturated carbocycles. The van der Waals surface area contributed by atoms with Crippen LogP contribution >= 0.6 is 0 Å². The van der Waals surface area contributed by atoms with Gasteiger partial charge in [0.1, 0.15) is 0 Å². The van der Waals surface area contributed by atoms with E-state index in [-0.39, 0.29) is 5.78 Å². The van der Waals surface area contributed by atoms with E-state index < -0.39 is 0 Å². The SMILES string of the molecule is CC1=C/C=C/C(=O)/C=C/C=C(C)/C=C\C=C\1. The molecule has 1 heteroatoms. The van der Waals surface area contributed by atoms with Crippen LogP contribution in [0.25, 0.3) is 0 Å². The summed E-state index contributed by atoms with van der Waals surface area (Å²) >= 11 is 0. The zero-order valence-electron chi connectivity index (χ0n) is 9.68. The minimum Gasteiger partial charge on any atom is -0.290 e. The average molecular weight is 212 g/mol. The van der Waals surface area contributed by atoms with Gasteiger partial charge in [-0.05, 0) is 26.0 Å². The van der Waals surface area contributed by atoms with Gasteiger partial charge in [-0.2, -0.15) is 0 Å². The Morgan fingerprint density at radius 3 is 1.56 bits per heavy atom. The summed E-state index contributed by atoms with van der Waals surface area (Å²) in [5.41, 5.74) is 2.22. The Morgan fingerprint density at radius 2 is 1.12 bits per heavy atom. The number of carbonyl (C=O) groups excluding carboxylic acids is 1. The Labute approximate surface area is 96.9 Å². The molecule has 0 saturated heterocycles. The third-order valence-corrected chi connectivity index (χ3v) is 2.07. The maximum Gasteiger partial charge on any atom is 0.178 e. The van der Waals surface area contributed by atoms with E-state index in [1.54, 1.807) is 24.3 Å². The third kappa shape index (κ3) is 5.11. The summed E-state index contributed by atoms with van der Waals surface area (Å²) in [6.45, 7) is 3.99. The molecule has 0 aromatic rings. The summed E-state index contributed by atoms with van der Waals surface area (Å²) in [6, 6.07) is 0. The smallest absolute Gasteiger partial charge is 0.178 e. The van der Waals surface area contributed by atoms with Crippen LogP contribution in [-0.2, 0) is 4.79 Å². The first-order chi connectivity index (χ1) is 7.68. The highest BCUT2D eigenvalue weighted by Crippen LogP contribution is 2.00. The first-order valence-electron chi connectivity index (χ1n) is 5.27. The monoisotopic (exact) mass is 212 g/mol. The second kappa shape index (κ2) is 6.57. The molecule has 0 unspecified atom stereocenters.